The van der Waals surface area contributed by atoms with Crippen molar-refractivity contribution in [1.29, 1.82) is 0 Å². The number of hydrogen-bond acceptors (Lipinski definition) is 1. The van der Waals surface area contributed by atoms with Gasteiger partial charge in [-0.3, -0.25) is 0 Å². The highest BCUT2D eigenvalue weighted by molar-refractivity contribution is 5.54. The fourth-order valence-electron chi connectivity index (χ4n) is 2.39. The molecule has 1 fully saturated rings. The number of hydrogen-bond donors (Lipinski definition) is 0. The Balaban J connectivity index is 2.44. The first kappa shape index (κ1) is 10.5. The highest BCUT2D eigenvalue weighted by Crippen LogP contribution is 2.38. The Bertz CT molecular complexity index is 195. The van der Waals surface area contributed by atoms with E-state index in [1.807, 2.05) is 0 Å². The van der Waals surface area contributed by atoms with Crippen LogP contribution in [0.5, 0.6) is 0 Å². The van der Waals surface area contributed by atoms with E-state index in [0.29, 0.717) is 11.8 Å². The molecule has 0 spiro atoms. The van der Waals surface area contributed by atoms with E-state index in [1.54, 1.807) is 0 Å². The van der Waals surface area contributed by atoms with E-state index < -0.39 is 0 Å². The van der Waals surface area contributed by atoms with Crippen LogP contribution in [0, 0.1) is 17.8 Å². The van der Waals surface area contributed by atoms with Gasteiger partial charge in [0.05, 0.1) is 0 Å². The monoisotopic (exact) mass is 180 g/mol. The van der Waals surface area contributed by atoms with E-state index in [9.17, 15) is 4.79 Å². The molecule has 0 radical (unpaired) electrons. The lowest BCUT2D eigenvalue weighted by Gasteiger charge is -2.18. The number of rotatable bonds is 4. The van der Waals surface area contributed by atoms with Crippen molar-refractivity contribution in [1.82, 2.24) is 0 Å². The first-order chi connectivity index (χ1) is 6.15. The van der Waals surface area contributed by atoms with Gasteiger partial charge in [0.15, 0.2) is 0 Å². The summed E-state index contributed by atoms with van der Waals surface area (Å²) in [5, 5.41) is 0. The summed E-state index contributed by atoms with van der Waals surface area (Å²) in [5.41, 5.74) is 1.24. The van der Waals surface area contributed by atoms with Gasteiger partial charge in [-0.1, -0.05) is 12.5 Å². The summed E-state index contributed by atoms with van der Waals surface area (Å²) in [6, 6.07) is 0. The minimum atomic E-state index is 0.328. The largest absolute Gasteiger partial charge is 0.303 e. The van der Waals surface area contributed by atoms with Crippen LogP contribution in [0.4, 0.5) is 0 Å². The van der Waals surface area contributed by atoms with Gasteiger partial charge in [0.25, 0.3) is 0 Å². The number of aldehydes is 1. The van der Waals surface area contributed by atoms with E-state index in [1.165, 1.54) is 12.0 Å². The van der Waals surface area contributed by atoms with Gasteiger partial charge in [-0.15, -0.1) is 6.58 Å². The lowest BCUT2D eigenvalue weighted by Crippen LogP contribution is -2.14. The minimum absolute atomic E-state index is 0.328. The predicted molar refractivity (Wildman–Crippen MR) is 55.5 cm³/mol. The van der Waals surface area contributed by atoms with Crippen molar-refractivity contribution >= 4 is 6.29 Å². The molecule has 1 rings (SSSR count). The quantitative estimate of drug-likeness (QED) is 0.479. The second-order valence-corrected chi connectivity index (χ2v) is 4.51. The van der Waals surface area contributed by atoms with Crippen molar-refractivity contribution < 1.29 is 4.79 Å². The number of allylic oxidation sites excluding steroid dienone is 1. The molecule has 74 valence electrons. The Hall–Kier alpha value is -0.590. The molecule has 0 aromatic rings. The van der Waals surface area contributed by atoms with Crippen LogP contribution >= 0.6 is 0 Å². The predicted octanol–water partition coefficient (Wildman–Crippen LogP) is 3.20. The summed E-state index contributed by atoms with van der Waals surface area (Å²) in [7, 11) is 0. The van der Waals surface area contributed by atoms with Crippen molar-refractivity contribution in [3.63, 3.8) is 0 Å². The molecule has 1 nitrogen and oxygen atoms in total. The standard InChI is InChI=1S/C12H20O/c1-9(2)4-7-12-10(3)5-6-11(12)8-13/h8,10-12H,1,4-7H2,2-3H3/t10-,11-,12+/m0/s1. The molecule has 0 aromatic heterocycles. The Kier molecular flexibility index (Phi) is 3.71. The van der Waals surface area contributed by atoms with E-state index in [0.717, 1.165) is 31.5 Å². The summed E-state index contributed by atoms with van der Waals surface area (Å²) in [6.45, 7) is 8.24. The fourth-order valence-corrected chi connectivity index (χ4v) is 2.39. The van der Waals surface area contributed by atoms with Crippen LogP contribution < -0.4 is 0 Å². The molecule has 0 N–H and O–H groups in total. The van der Waals surface area contributed by atoms with Crippen molar-refractivity contribution in [2.24, 2.45) is 17.8 Å². The van der Waals surface area contributed by atoms with Crippen molar-refractivity contribution in [3.05, 3.63) is 12.2 Å². The van der Waals surface area contributed by atoms with E-state index in [2.05, 4.69) is 20.4 Å². The molecule has 0 heterocycles. The maximum atomic E-state index is 10.8. The second-order valence-electron chi connectivity index (χ2n) is 4.51. The molecule has 1 aliphatic carbocycles. The molecule has 3 atom stereocenters. The average Bonchev–Trinajstić information content (AvgIpc) is 2.43. The topological polar surface area (TPSA) is 17.1 Å². The SMILES string of the molecule is C=C(C)CC[C@H]1[C@H](C=O)CC[C@@H]1C. The maximum Gasteiger partial charge on any atom is 0.123 e. The van der Waals surface area contributed by atoms with Crippen LogP contribution in [0.15, 0.2) is 12.2 Å². The van der Waals surface area contributed by atoms with Crippen LogP contribution in [0.1, 0.15) is 39.5 Å². The molecule has 0 aliphatic heterocycles. The lowest BCUT2D eigenvalue weighted by molar-refractivity contribution is -0.112. The van der Waals surface area contributed by atoms with Crippen molar-refractivity contribution in [2.75, 3.05) is 0 Å². The first-order valence-corrected chi connectivity index (χ1v) is 5.24. The highest BCUT2D eigenvalue weighted by Gasteiger charge is 2.32. The van der Waals surface area contributed by atoms with Gasteiger partial charge in [-0.25, -0.2) is 0 Å². The third-order valence-electron chi connectivity index (χ3n) is 3.32. The van der Waals surface area contributed by atoms with Gasteiger partial charge < -0.3 is 4.79 Å². The molecule has 1 saturated carbocycles. The Labute approximate surface area is 81.2 Å². The van der Waals surface area contributed by atoms with Crippen molar-refractivity contribution in [2.45, 2.75) is 39.5 Å². The van der Waals surface area contributed by atoms with E-state index >= 15 is 0 Å². The van der Waals surface area contributed by atoms with Gasteiger partial charge in [-0.05, 0) is 44.4 Å². The minimum Gasteiger partial charge on any atom is -0.303 e. The lowest BCUT2D eigenvalue weighted by atomic mass is 9.86. The van der Waals surface area contributed by atoms with Gasteiger partial charge in [0.1, 0.15) is 6.29 Å². The molecular formula is C12H20O. The maximum absolute atomic E-state index is 10.8. The zero-order chi connectivity index (χ0) is 9.84. The fraction of sp³-hybridized carbons (Fsp3) is 0.750. The molecular weight excluding hydrogens is 160 g/mol. The van der Waals surface area contributed by atoms with Gasteiger partial charge in [0, 0.05) is 5.92 Å². The molecule has 13 heavy (non-hydrogen) atoms. The van der Waals surface area contributed by atoms with Crippen LogP contribution in [0.25, 0.3) is 0 Å². The van der Waals surface area contributed by atoms with Crippen LogP contribution in [0.2, 0.25) is 0 Å². The van der Waals surface area contributed by atoms with Crippen molar-refractivity contribution in [3.8, 4) is 0 Å². The molecule has 0 saturated heterocycles. The van der Waals surface area contributed by atoms with Crippen LogP contribution in [0.3, 0.4) is 0 Å². The molecule has 1 heteroatoms. The molecule has 0 unspecified atom stereocenters. The third kappa shape index (κ3) is 2.68. The summed E-state index contributed by atoms with van der Waals surface area (Å²) in [6.07, 6.45) is 5.72. The van der Waals surface area contributed by atoms with E-state index in [4.69, 9.17) is 0 Å². The smallest absolute Gasteiger partial charge is 0.123 e. The summed E-state index contributed by atoms with van der Waals surface area (Å²) in [4.78, 5) is 10.8. The van der Waals surface area contributed by atoms with Gasteiger partial charge >= 0.3 is 0 Å². The molecule has 0 aromatic carbocycles. The van der Waals surface area contributed by atoms with Crippen LogP contribution in [-0.4, -0.2) is 6.29 Å². The van der Waals surface area contributed by atoms with E-state index in [-0.39, 0.29) is 0 Å². The zero-order valence-corrected chi connectivity index (χ0v) is 8.75. The summed E-state index contributed by atoms with van der Waals surface area (Å²) < 4.78 is 0. The Morgan fingerprint density at radius 3 is 2.77 bits per heavy atom. The normalized spacial score (nSPS) is 33.2. The third-order valence-corrected chi connectivity index (χ3v) is 3.32. The van der Waals surface area contributed by atoms with Gasteiger partial charge in [0.2, 0.25) is 0 Å². The number of carbonyl (C=O) groups is 1. The summed E-state index contributed by atoms with van der Waals surface area (Å²) >= 11 is 0. The molecule has 0 bridgehead atoms. The average molecular weight is 180 g/mol. The summed E-state index contributed by atoms with van der Waals surface area (Å²) in [5.74, 6) is 1.68. The molecule has 0 amide bonds. The zero-order valence-electron chi connectivity index (χ0n) is 8.75. The van der Waals surface area contributed by atoms with Gasteiger partial charge in [-0.2, -0.15) is 0 Å². The first-order valence-electron chi connectivity index (χ1n) is 5.24. The number of carbonyl (C=O) groups excluding carboxylic acids is 1. The Morgan fingerprint density at radius 1 is 1.54 bits per heavy atom. The molecule has 1 aliphatic rings. The highest BCUT2D eigenvalue weighted by atomic mass is 16.1. The van der Waals surface area contributed by atoms with Crippen LogP contribution in [-0.2, 0) is 4.79 Å². The second kappa shape index (κ2) is 4.59. The Morgan fingerprint density at radius 2 is 2.23 bits per heavy atom.